The maximum absolute atomic E-state index is 13.0. The third kappa shape index (κ3) is 4.65. The number of anilines is 1. The molecule has 5 nitrogen and oxygen atoms in total. The largest absolute Gasteiger partial charge is 0.493 e. The molecule has 0 spiro atoms. The van der Waals surface area contributed by atoms with E-state index in [4.69, 9.17) is 4.74 Å². The summed E-state index contributed by atoms with van der Waals surface area (Å²) in [4.78, 5) is 16.9. The van der Waals surface area contributed by atoms with Crippen molar-refractivity contribution in [3.05, 3.63) is 83.6 Å². The number of amides is 1. The fourth-order valence-electron chi connectivity index (χ4n) is 3.55. The number of carbonyl (C=O) groups is 1. The maximum Gasteiger partial charge on any atom is 0.416 e. The lowest BCUT2D eigenvalue weighted by molar-refractivity contribution is -0.137. The van der Waals surface area contributed by atoms with E-state index in [1.54, 1.807) is 36.5 Å². The first-order valence-corrected chi connectivity index (χ1v) is 9.86. The molecular weight excluding hydrogens is 421 g/mol. The van der Waals surface area contributed by atoms with E-state index in [0.717, 1.165) is 17.7 Å². The highest BCUT2D eigenvalue weighted by molar-refractivity contribution is 6.04. The molecule has 0 atom stereocenters. The Labute approximate surface area is 182 Å². The number of hydrogen-bond acceptors (Lipinski definition) is 4. The molecule has 4 rings (SSSR count). The molecular formula is C24H19F3N2O3. The number of carbonyl (C=O) groups excluding carboxylic acids is 1. The second kappa shape index (κ2) is 8.84. The van der Waals surface area contributed by atoms with Crippen molar-refractivity contribution in [1.29, 1.82) is 0 Å². The van der Waals surface area contributed by atoms with Crippen LogP contribution < -0.4 is 10.1 Å². The van der Waals surface area contributed by atoms with Gasteiger partial charge in [0.2, 0.25) is 5.91 Å². The van der Waals surface area contributed by atoms with Gasteiger partial charge in [-0.25, -0.2) is 0 Å². The van der Waals surface area contributed by atoms with Crippen LogP contribution in [0.25, 0.3) is 16.8 Å². The number of ether oxygens (including phenoxy) is 1. The Hall–Kier alpha value is -3.65. The van der Waals surface area contributed by atoms with E-state index >= 15 is 0 Å². The van der Waals surface area contributed by atoms with Gasteiger partial charge in [0.25, 0.3) is 0 Å². The molecule has 0 saturated carbocycles. The summed E-state index contributed by atoms with van der Waals surface area (Å²) < 4.78 is 44.2. The number of aromatic nitrogens is 1. The Bertz CT molecular complexity index is 1190. The maximum atomic E-state index is 13.0. The van der Waals surface area contributed by atoms with E-state index in [-0.39, 0.29) is 19.0 Å². The number of aliphatic hydroxyl groups excluding tert-OH is 1. The van der Waals surface area contributed by atoms with Crippen molar-refractivity contribution in [2.75, 3.05) is 11.9 Å². The Morgan fingerprint density at radius 2 is 2.00 bits per heavy atom. The lowest BCUT2D eigenvalue weighted by atomic mass is 9.97. The van der Waals surface area contributed by atoms with E-state index in [1.165, 1.54) is 12.1 Å². The molecule has 0 fully saturated rings. The molecule has 164 valence electrons. The van der Waals surface area contributed by atoms with Crippen LogP contribution in [0.5, 0.6) is 5.75 Å². The summed E-state index contributed by atoms with van der Waals surface area (Å²) in [6, 6.07) is 13.8. The molecule has 0 unspecified atom stereocenters. The number of aliphatic hydroxyl groups is 1. The first-order chi connectivity index (χ1) is 15.3. The number of pyridine rings is 1. The molecule has 2 heterocycles. The summed E-state index contributed by atoms with van der Waals surface area (Å²) in [7, 11) is 0. The van der Waals surface area contributed by atoms with Gasteiger partial charge in [-0.2, -0.15) is 13.2 Å². The fourth-order valence-corrected chi connectivity index (χ4v) is 3.55. The van der Waals surface area contributed by atoms with Crippen molar-refractivity contribution in [3.8, 4) is 17.0 Å². The zero-order valence-electron chi connectivity index (χ0n) is 16.8. The van der Waals surface area contributed by atoms with Crippen LogP contribution in [0.3, 0.4) is 0 Å². The molecule has 1 aliphatic heterocycles. The molecule has 0 saturated heterocycles. The number of alkyl halides is 3. The molecule has 1 amide bonds. The van der Waals surface area contributed by atoms with Crippen molar-refractivity contribution in [2.24, 2.45) is 0 Å². The van der Waals surface area contributed by atoms with Crippen LogP contribution in [-0.2, 0) is 17.6 Å². The summed E-state index contributed by atoms with van der Waals surface area (Å²) in [5.74, 6) is -0.299. The first kappa shape index (κ1) is 21.6. The number of nitrogens with zero attached hydrogens (tertiary/aromatic N) is 1. The minimum Gasteiger partial charge on any atom is -0.493 e. The van der Waals surface area contributed by atoms with Gasteiger partial charge in [0.15, 0.2) is 0 Å². The van der Waals surface area contributed by atoms with Gasteiger partial charge in [0.1, 0.15) is 5.75 Å². The van der Waals surface area contributed by atoms with Crippen LogP contribution in [0.1, 0.15) is 23.1 Å². The Morgan fingerprint density at radius 1 is 1.16 bits per heavy atom. The fraction of sp³-hybridized carbons (Fsp3) is 0.167. The Balaban J connectivity index is 1.56. The highest BCUT2D eigenvalue weighted by Gasteiger charge is 2.32. The van der Waals surface area contributed by atoms with Crippen molar-refractivity contribution in [1.82, 2.24) is 4.98 Å². The second-order valence-corrected chi connectivity index (χ2v) is 7.22. The van der Waals surface area contributed by atoms with Gasteiger partial charge in [-0.1, -0.05) is 24.3 Å². The lowest BCUT2D eigenvalue weighted by Crippen LogP contribution is -2.14. The monoisotopic (exact) mass is 440 g/mol. The predicted octanol–water partition coefficient (Wildman–Crippen LogP) is 5.06. The third-order valence-corrected chi connectivity index (χ3v) is 5.05. The lowest BCUT2D eigenvalue weighted by Gasteiger charge is -2.21. The van der Waals surface area contributed by atoms with Crippen LogP contribution in [0, 0.1) is 0 Å². The van der Waals surface area contributed by atoms with Crippen molar-refractivity contribution in [3.63, 3.8) is 0 Å². The van der Waals surface area contributed by atoms with Gasteiger partial charge < -0.3 is 15.2 Å². The number of halogens is 3. The van der Waals surface area contributed by atoms with Crippen molar-refractivity contribution < 1.29 is 27.8 Å². The van der Waals surface area contributed by atoms with Crippen LogP contribution in [-0.4, -0.2) is 22.6 Å². The second-order valence-electron chi connectivity index (χ2n) is 7.22. The third-order valence-electron chi connectivity index (χ3n) is 5.05. The molecule has 2 N–H and O–H groups in total. The molecule has 2 aromatic carbocycles. The van der Waals surface area contributed by atoms with E-state index in [1.807, 2.05) is 6.07 Å². The highest BCUT2D eigenvalue weighted by Crippen LogP contribution is 2.38. The molecule has 1 aromatic heterocycles. The standard InChI is InChI=1S/C24H19F3N2O3/c25-24(26,27)18-6-7-20-15(8-10-32-21(20)13-18)12-22(31)29-19-5-1-3-16(11-19)23-17(14-30)4-2-9-28-23/h1-7,9,11-13,30H,8,10,14H2,(H,29,31)/b15-12+. The zero-order valence-corrected chi connectivity index (χ0v) is 16.8. The average molecular weight is 440 g/mol. The summed E-state index contributed by atoms with van der Waals surface area (Å²) in [6.45, 7) is 0.0237. The number of benzene rings is 2. The van der Waals surface area contributed by atoms with Crippen molar-refractivity contribution >= 4 is 17.2 Å². The van der Waals surface area contributed by atoms with Gasteiger partial charge in [-0.3, -0.25) is 9.78 Å². The van der Waals surface area contributed by atoms with Crippen molar-refractivity contribution in [2.45, 2.75) is 19.2 Å². The highest BCUT2D eigenvalue weighted by atomic mass is 19.4. The van der Waals surface area contributed by atoms with E-state index in [2.05, 4.69) is 10.3 Å². The Morgan fingerprint density at radius 3 is 2.78 bits per heavy atom. The van der Waals surface area contributed by atoms with Crippen LogP contribution in [0.2, 0.25) is 0 Å². The summed E-state index contributed by atoms with van der Waals surface area (Å²) >= 11 is 0. The van der Waals surface area contributed by atoms with Gasteiger partial charge in [-0.05, 0) is 35.9 Å². The molecule has 3 aromatic rings. The molecule has 0 radical (unpaired) electrons. The van der Waals surface area contributed by atoms with Gasteiger partial charge in [-0.15, -0.1) is 0 Å². The summed E-state index contributed by atoms with van der Waals surface area (Å²) in [5, 5.41) is 12.3. The number of fused-ring (bicyclic) bond motifs is 1. The predicted molar refractivity (Wildman–Crippen MR) is 114 cm³/mol. The number of nitrogens with one attached hydrogen (secondary N) is 1. The summed E-state index contributed by atoms with van der Waals surface area (Å²) in [6.07, 6.45) is -1.07. The molecule has 1 aliphatic rings. The quantitative estimate of drug-likeness (QED) is 0.556. The summed E-state index contributed by atoms with van der Waals surface area (Å²) in [5.41, 5.74) is 2.80. The van der Waals surface area contributed by atoms with Crippen LogP contribution >= 0.6 is 0 Å². The SMILES string of the molecule is O=C(/C=C1\CCOc2cc(C(F)(F)F)ccc21)Nc1cccc(-c2ncccc2CO)c1. The Kier molecular flexibility index (Phi) is 5.96. The topological polar surface area (TPSA) is 71.5 Å². The smallest absolute Gasteiger partial charge is 0.416 e. The first-order valence-electron chi connectivity index (χ1n) is 9.86. The van der Waals surface area contributed by atoms with Crippen LogP contribution in [0.4, 0.5) is 18.9 Å². The van der Waals surface area contributed by atoms with E-state index < -0.39 is 17.6 Å². The molecule has 0 bridgehead atoms. The number of hydrogen-bond donors (Lipinski definition) is 2. The average Bonchev–Trinajstić information content (AvgIpc) is 2.78. The van der Waals surface area contributed by atoms with Crippen LogP contribution in [0.15, 0.2) is 66.9 Å². The normalized spacial score (nSPS) is 14.6. The zero-order chi connectivity index (χ0) is 22.7. The van der Waals surface area contributed by atoms with E-state index in [0.29, 0.717) is 34.5 Å². The van der Waals surface area contributed by atoms with Gasteiger partial charge in [0, 0.05) is 41.1 Å². The molecule has 0 aliphatic carbocycles. The minimum absolute atomic E-state index is 0.110. The molecule has 8 heteroatoms. The minimum atomic E-state index is -4.47. The van der Waals surface area contributed by atoms with Gasteiger partial charge >= 0.3 is 6.18 Å². The van der Waals surface area contributed by atoms with E-state index in [9.17, 15) is 23.1 Å². The molecule has 32 heavy (non-hydrogen) atoms. The number of rotatable bonds is 4. The van der Waals surface area contributed by atoms with Gasteiger partial charge in [0.05, 0.1) is 24.5 Å².